The maximum Gasteiger partial charge on any atom is 0.0608 e. The molecule has 1 aliphatic rings. The average Bonchev–Trinajstić information content (AvgIpc) is 2.37. The number of aliphatic hydroxyl groups excluding tert-OH is 1. The Kier molecular flexibility index (Phi) is 4.67. The predicted molar refractivity (Wildman–Crippen MR) is 81.3 cm³/mol. The van der Waals surface area contributed by atoms with Crippen molar-refractivity contribution in [1.82, 2.24) is 0 Å². The minimum Gasteiger partial charge on any atom is -0.392 e. The van der Waals surface area contributed by atoms with Crippen LogP contribution in [0.4, 0.5) is 0 Å². The smallest absolute Gasteiger partial charge is 0.0608 e. The van der Waals surface area contributed by atoms with Gasteiger partial charge in [-0.05, 0) is 62.0 Å². The minimum atomic E-state index is -0.171. The summed E-state index contributed by atoms with van der Waals surface area (Å²) in [4.78, 5) is 0. The van der Waals surface area contributed by atoms with E-state index >= 15 is 0 Å². The van der Waals surface area contributed by atoms with Crippen molar-refractivity contribution in [1.29, 1.82) is 0 Å². The van der Waals surface area contributed by atoms with Crippen LogP contribution in [0, 0.1) is 31.6 Å². The Morgan fingerprint density at radius 1 is 1.16 bits per heavy atom. The van der Waals surface area contributed by atoms with E-state index in [1.165, 1.54) is 36.0 Å². The molecule has 0 aliphatic heterocycles. The van der Waals surface area contributed by atoms with Gasteiger partial charge in [0.1, 0.15) is 0 Å². The molecule has 1 nitrogen and oxygen atoms in total. The number of hydrogen-bond donors (Lipinski definition) is 1. The third-order valence-corrected chi connectivity index (χ3v) is 5.12. The normalized spacial score (nSPS) is 29.2. The first kappa shape index (κ1) is 14.6. The van der Waals surface area contributed by atoms with E-state index in [0.717, 1.165) is 18.3 Å². The van der Waals surface area contributed by atoms with Crippen molar-refractivity contribution in [3.63, 3.8) is 0 Å². The van der Waals surface area contributed by atoms with Crippen LogP contribution in [-0.4, -0.2) is 11.2 Å². The lowest BCUT2D eigenvalue weighted by Gasteiger charge is -2.35. The highest BCUT2D eigenvalue weighted by Gasteiger charge is 2.29. The van der Waals surface area contributed by atoms with Crippen molar-refractivity contribution >= 4 is 0 Å². The topological polar surface area (TPSA) is 20.2 Å². The lowest BCUT2D eigenvalue weighted by atomic mass is 9.73. The molecule has 0 bridgehead atoms. The quantitative estimate of drug-likeness (QED) is 0.860. The molecule has 2 rings (SSSR count). The molecular formula is C18H28O. The Morgan fingerprint density at radius 2 is 1.89 bits per heavy atom. The van der Waals surface area contributed by atoms with Crippen molar-refractivity contribution in [3.8, 4) is 0 Å². The lowest BCUT2D eigenvalue weighted by Crippen LogP contribution is -2.31. The molecule has 1 heteroatoms. The largest absolute Gasteiger partial charge is 0.392 e. The highest BCUT2D eigenvalue weighted by atomic mass is 16.3. The lowest BCUT2D eigenvalue weighted by molar-refractivity contribution is 0.0569. The van der Waals surface area contributed by atoms with E-state index in [1.807, 2.05) is 0 Å². The maximum absolute atomic E-state index is 10.5. The van der Waals surface area contributed by atoms with Crippen LogP contribution < -0.4 is 0 Å². The van der Waals surface area contributed by atoms with E-state index in [0.29, 0.717) is 5.92 Å². The molecule has 1 aliphatic carbocycles. The first-order valence-electron chi connectivity index (χ1n) is 7.71. The number of aliphatic hydroxyl groups is 1. The fraction of sp³-hybridized carbons (Fsp3) is 0.667. The summed E-state index contributed by atoms with van der Waals surface area (Å²) in [7, 11) is 0. The standard InChI is InChI=1S/C18H28O/c1-12-5-6-14(3)17(9-12)11-18(19)16-8-7-13(2)15(4)10-16/h5-6,9,13,15-16,18-19H,7-8,10-11H2,1-4H3. The highest BCUT2D eigenvalue weighted by molar-refractivity contribution is 5.31. The Bertz CT molecular complexity index is 424. The first-order valence-corrected chi connectivity index (χ1v) is 7.71. The van der Waals surface area contributed by atoms with Crippen molar-refractivity contribution in [2.24, 2.45) is 17.8 Å². The molecule has 1 aromatic rings. The molecule has 1 fully saturated rings. The van der Waals surface area contributed by atoms with Gasteiger partial charge in [-0.3, -0.25) is 0 Å². The van der Waals surface area contributed by atoms with Crippen molar-refractivity contribution in [3.05, 3.63) is 34.9 Å². The predicted octanol–water partition coefficient (Wildman–Crippen LogP) is 4.28. The summed E-state index contributed by atoms with van der Waals surface area (Å²) in [5.41, 5.74) is 3.92. The molecule has 0 amide bonds. The van der Waals surface area contributed by atoms with Crippen molar-refractivity contribution in [2.75, 3.05) is 0 Å². The zero-order valence-corrected chi connectivity index (χ0v) is 12.8. The van der Waals surface area contributed by atoms with Gasteiger partial charge in [0, 0.05) is 0 Å². The monoisotopic (exact) mass is 260 g/mol. The molecule has 1 N–H and O–H groups in total. The summed E-state index contributed by atoms with van der Waals surface area (Å²) in [6.45, 7) is 8.95. The summed E-state index contributed by atoms with van der Waals surface area (Å²) < 4.78 is 0. The van der Waals surface area contributed by atoms with Gasteiger partial charge in [0.05, 0.1) is 6.10 Å². The minimum absolute atomic E-state index is 0.171. The number of benzene rings is 1. The van der Waals surface area contributed by atoms with Gasteiger partial charge in [-0.25, -0.2) is 0 Å². The third-order valence-electron chi connectivity index (χ3n) is 5.12. The van der Waals surface area contributed by atoms with E-state index < -0.39 is 0 Å². The molecule has 0 heterocycles. The van der Waals surface area contributed by atoms with E-state index in [-0.39, 0.29) is 6.10 Å². The molecule has 1 aromatic carbocycles. The Labute approximate surface area is 118 Å². The fourth-order valence-electron chi connectivity index (χ4n) is 3.35. The summed E-state index contributed by atoms with van der Waals surface area (Å²) in [5, 5.41) is 10.5. The zero-order valence-electron chi connectivity index (χ0n) is 12.8. The molecule has 0 spiro atoms. The van der Waals surface area contributed by atoms with Gasteiger partial charge in [-0.15, -0.1) is 0 Å². The molecule has 19 heavy (non-hydrogen) atoms. The van der Waals surface area contributed by atoms with E-state index in [4.69, 9.17) is 0 Å². The number of hydrogen-bond acceptors (Lipinski definition) is 1. The van der Waals surface area contributed by atoms with Crippen LogP contribution in [0.15, 0.2) is 18.2 Å². The zero-order chi connectivity index (χ0) is 14.0. The number of rotatable bonds is 3. The Morgan fingerprint density at radius 3 is 2.58 bits per heavy atom. The van der Waals surface area contributed by atoms with Crippen LogP contribution in [-0.2, 0) is 6.42 Å². The summed E-state index contributed by atoms with van der Waals surface area (Å²) in [6, 6.07) is 6.55. The fourth-order valence-corrected chi connectivity index (χ4v) is 3.35. The molecule has 106 valence electrons. The molecule has 0 saturated heterocycles. The van der Waals surface area contributed by atoms with Crippen LogP contribution in [0.25, 0.3) is 0 Å². The average molecular weight is 260 g/mol. The molecule has 0 radical (unpaired) electrons. The second-order valence-corrected chi connectivity index (χ2v) is 6.73. The molecular weight excluding hydrogens is 232 g/mol. The Hall–Kier alpha value is -0.820. The van der Waals surface area contributed by atoms with Crippen LogP contribution in [0.5, 0.6) is 0 Å². The van der Waals surface area contributed by atoms with Gasteiger partial charge in [0.15, 0.2) is 0 Å². The second-order valence-electron chi connectivity index (χ2n) is 6.73. The van der Waals surface area contributed by atoms with Gasteiger partial charge in [0.25, 0.3) is 0 Å². The highest BCUT2D eigenvalue weighted by Crippen LogP contribution is 2.35. The first-order chi connectivity index (χ1) is 8.97. The molecule has 0 aromatic heterocycles. The van der Waals surface area contributed by atoms with Crippen LogP contribution >= 0.6 is 0 Å². The SMILES string of the molecule is Cc1ccc(C)c(CC(O)C2CCC(C)C(C)C2)c1. The van der Waals surface area contributed by atoms with Gasteiger partial charge in [-0.2, -0.15) is 0 Å². The van der Waals surface area contributed by atoms with Crippen LogP contribution in [0.3, 0.4) is 0 Å². The van der Waals surface area contributed by atoms with Gasteiger partial charge in [-0.1, -0.05) is 44.0 Å². The summed E-state index contributed by atoms with van der Waals surface area (Å²) in [6.07, 6.45) is 4.30. The summed E-state index contributed by atoms with van der Waals surface area (Å²) in [5.74, 6) is 2.07. The number of aryl methyl sites for hydroxylation is 2. The molecule has 4 atom stereocenters. The van der Waals surface area contributed by atoms with Crippen LogP contribution in [0.2, 0.25) is 0 Å². The second kappa shape index (κ2) is 6.09. The van der Waals surface area contributed by atoms with E-state index in [9.17, 15) is 5.11 Å². The van der Waals surface area contributed by atoms with Gasteiger partial charge >= 0.3 is 0 Å². The van der Waals surface area contributed by atoms with Crippen LogP contribution in [0.1, 0.15) is 49.8 Å². The van der Waals surface area contributed by atoms with Gasteiger partial charge in [0.2, 0.25) is 0 Å². The van der Waals surface area contributed by atoms with E-state index in [1.54, 1.807) is 0 Å². The third kappa shape index (κ3) is 3.60. The van der Waals surface area contributed by atoms with Crippen molar-refractivity contribution < 1.29 is 5.11 Å². The molecule has 4 unspecified atom stereocenters. The maximum atomic E-state index is 10.5. The Balaban J connectivity index is 2.01. The van der Waals surface area contributed by atoms with E-state index in [2.05, 4.69) is 45.9 Å². The summed E-state index contributed by atoms with van der Waals surface area (Å²) >= 11 is 0. The molecule has 1 saturated carbocycles. The van der Waals surface area contributed by atoms with Crippen molar-refractivity contribution in [2.45, 2.75) is 59.5 Å². The van der Waals surface area contributed by atoms with Gasteiger partial charge < -0.3 is 5.11 Å².